The Morgan fingerprint density at radius 3 is 2.40 bits per heavy atom. The maximum Gasteiger partial charge on any atom is 0.137 e. The first-order valence-electron chi connectivity index (χ1n) is 14.3. The van der Waals surface area contributed by atoms with E-state index in [1.54, 1.807) is 0 Å². The molecule has 5 rings (SSSR count). The van der Waals surface area contributed by atoms with Gasteiger partial charge in [0.25, 0.3) is 0 Å². The maximum absolute atomic E-state index is 11.6. The topological polar surface area (TPSA) is 64.4 Å². The third kappa shape index (κ3) is 6.99. The summed E-state index contributed by atoms with van der Waals surface area (Å²) >= 11 is 0. The summed E-state index contributed by atoms with van der Waals surface area (Å²) in [5.74, 6) is 0.481. The molecule has 6 nitrogen and oxygen atoms in total. The van der Waals surface area contributed by atoms with Crippen molar-refractivity contribution >= 4 is 17.1 Å². The molecule has 208 valence electrons. The van der Waals surface area contributed by atoms with Gasteiger partial charge in [0.1, 0.15) is 6.09 Å². The molecule has 1 aliphatic heterocycles. The summed E-state index contributed by atoms with van der Waals surface area (Å²) < 4.78 is 2.30. The molecule has 0 bridgehead atoms. The van der Waals surface area contributed by atoms with Gasteiger partial charge in [-0.2, -0.15) is 0 Å². The van der Waals surface area contributed by atoms with Crippen LogP contribution in [0.1, 0.15) is 37.3 Å². The molecule has 6 heteroatoms. The van der Waals surface area contributed by atoms with E-state index in [0.29, 0.717) is 19.0 Å². The number of imidazole rings is 1. The smallest absolute Gasteiger partial charge is 0.137 e. The number of hydrogen-bond acceptors (Lipinski definition) is 4. The minimum Gasteiger partial charge on any atom is -0.530 e. The number of nitrogens with zero attached hydrogens (tertiary/aromatic N) is 4. The largest absolute Gasteiger partial charge is 0.530 e. The van der Waals surface area contributed by atoms with E-state index in [9.17, 15) is 9.90 Å². The van der Waals surface area contributed by atoms with Gasteiger partial charge >= 0.3 is 0 Å². The molecule has 1 unspecified atom stereocenters. The molecule has 1 aliphatic rings. The van der Waals surface area contributed by atoms with E-state index in [1.165, 1.54) is 16.0 Å². The van der Waals surface area contributed by atoms with Gasteiger partial charge in [0.2, 0.25) is 0 Å². The number of hydrogen-bond donors (Lipinski definition) is 0. The van der Waals surface area contributed by atoms with Crippen LogP contribution in [-0.4, -0.2) is 51.6 Å². The Hall–Kier alpha value is -3.90. The Morgan fingerprint density at radius 1 is 1.00 bits per heavy atom. The summed E-state index contributed by atoms with van der Waals surface area (Å²) in [4.78, 5) is 20.2. The standard InChI is InChI=1S/C34H40N4O2/c1-34(30-14-6-3-7-15-30,26-38-27-35-31-16-8-9-17-32(31)38)20-24-36-22-18-28(19-23-36)13-10-21-37(33(39)40)25-29-11-4-2-5-12-29/h2-17,27-28H,18-26H2,1H3,(H,39,40)/p-1. The minimum atomic E-state index is -1.13. The van der Waals surface area contributed by atoms with Gasteiger partial charge in [0.15, 0.2) is 0 Å². The lowest BCUT2D eigenvalue weighted by Gasteiger charge is -2.36. The molecule has 0 spiro atoms. The van der Waals surface area contributed by atoms with E-state index in [4.69, 9.17) is 0 Å². The monoisotopic (exact) mass is 535 g/mol. The third-order valence-corrected chi connectivity index (χ3v) is 8.34. The molecule has 0 aliphatic carbocycles. The maximum atomic E-state index is 11.6. The first kappa shape index (κ1) is 27.7. The predicted octanol–water partition coefficient (Wildman–Crippen LogP) is 5.50. The van der Waals surface area contributed by atoms with Crippen LogP contribution in [0.2, 0.25) is 0 Å². The van der Waals surface area contributed by atoms with E-state index >= 15 is 0 Å². The third-order valence-electron chi connectivity index (χ3n) is 8.34. The molecule has 2 heterocycles. The van der Waals surface area contributed by atoms with Gasteiger partial charge in [-0.3, -0.25) is 0 Å². The van der Waals surface area contributed by atoms with Gasteiger partial charge in [-0.25, -0.2) is 4.98 Å². The zero-order valence-corrected chi connectivity index (χ0v) is 23.4. The van der Waals surface area contributed by atoms with Gasteiger partial charge in [-0.1, -0.05) is 91.9 Å². The normalized spacial score (nSPS) is 16.3. The second-order valence-corrected chi connectivity index (χ2v) is 11.3. The van der Waals surface area contributed by atoms with Crippen LogP contribution in [-0.2, 0) is 18.5 Å². The van der Waals surface area contributed by atoms with Gasteiger partial charge in [0.05, 0.1) is 17.4 Å². The molecule has 0 radical (unpaired) electrons. The van der Waals surface area contributed by atoms with Crippen molar-refractivity contribution < 1.29 is 9.90 Å². The van der Waals surface area contributed by atoms with Crippen LogP contribution in [0.3, 0.4) is 0 Å². The summed E-state index contributed by atoms with van der Waals surface area (Å²) in [5.41, 5.74) is 4.53. The van der Waals surface area contributed by atoms with Crippen molar-refractivity contribution in [3.63, 3.8) is 0 Å². The highest BCUT2D eigenvalue weighted by Gasteiger charge is 2.29. The number of carbonyl (C=O) groups is 1. The number of benzene rings is 3. The zero-order chi connectivity index (χ0) is 27.8. The Kier molecular flexibility index (Phi) is 8.97. The van der Waals surface area contributed by atoms with Crippen molar-refractivity contribution in [1.29, 1.82) is 0 Å². The Morgan fingerprint density at radius 2 is 1.68 bits per heavy atom. The van der Waals surface area contributed by atoms with Gasteiger partial charge in [0, 0.05) is 25.0 Å². The molecule has 1 fully saturated rings. The molecule has 3 aromatic carbocycles. The fourth-order valence-electron chi connectivity index (χ4n) is 5.83. The van der Waals surface area contributed by atoms with Crippen molar-refractivity contribution in [2.75, 3.05) is 26.2 Å². The summed E-state index contributed by atoms with van der Waals surface area (Å²) in [6.45, 7) is 7.13. The number of aromatic nitrogens is 2. The van der Waals surface area contributed by atoms with E-state index in [-0.39, 0.29) is 5.41 Å². The first-order valence-corrected chi connectivity index (χ1v) is 14.3. The lowest BCUT2D eigenvalue weighted by molar-refractivity contribution is -0.265. The predicted molar refractivity (Wildman–Crippen MR) is 159 cm³/mol. The number of amides is 1. The molecular formula is C34H39N4O2-. The van der Waals surface area contributed by atoms with Gasteiger partial charge in [-0.05, 0) is 68.1 Å². The quantitative estimate of drug-likeness (QED) is 0.238. The van der Waals surface area contributed by atoms with Crippen LogP contribution < -0.4 is 5.11 Å². The Balaban J connectivity index is 1.15. The Labute approximate surface area is 237 Å². The molecule has 1 aromatic heterocycles. The van der Waals surface area contributed by atoms with Crippen molar-refractivity contribution in [3.05, 3.63) is 115 Å². The molecule has 1 saturated heterocycles. The number of para-hydroxylation sites is 2. The number of carbonyl (C=O) groups excluding carboxylic acids is 1. The average molecular weight is 536 g/mol. The summed E-state index contributed by atoms with van der Waals surface area (Å²) in [7, 11) is 0. The lowest BCUT2D eigenvalue weighted by Crippen LogP contribution is -2.41. The van der Waals surface area contributed by atoms with Crippen LogP contribution in [0.5, 0.6) is 0 Å². The second-order valence-electron chi connectivity index (χ2n) is 11.3. The number of carboxylic acid groups (broad SMARTS) is 1. The molecule has 0 saturated carbocycles. The van der Waals surface area contributed by atoms with E-state index < -0.39 is 6.09 Å². The van der Waals surface area contributed by atoms with Crippen LogP contribution in [0, 0.1) is 5.92 Å². The SMILES string of the molecule is CC(CCN1CCC(C=CCN(Cc2ccccc2)C(=O)[O-])CC1)(Cn1cnc2ccccc21)c1ccccc1. The summed E-state index contributed by atoms with van der Waals surface area (Å²) in [6.07, 6.45) is 8.30. The molecular weight excluding hydrogens is 496 g/mol. The van der Waals surface area contributed by atoms with Crippen molar-refractivity contribution in [3.8, 4) is 0 Å². The lowest BCUT2D eigenvalue weighted by atomic mass is 9.79. The number of likely N-dealkylation sites (tertiary alicyclic amines) is 1. The molecule has 4 aromatic rings. The number of allylic oxidation sites excluding steroid dienone is 1. The number of piperidine rings is 1. The number of fused-ring (bicyclic) bond motifs is 1. The fraction of sp³-hybridized carbons (Fsp3) is 0.353. The highest BCUT2D eigenvalue weighted by atomic mass is 16.4. The van der Waals surface area contributed by atoms with Gasteiger partial charge in [-0.15, -0.1) is 0 Å². The summed E-state index contributed by atoms with van der Waals surface area (Å²) in [5, 5.41) is 11.6. The molecule has 1 amide bonds. The van der Waals surface area contributed by atoms with Crippen molar-refractivity contribution in [2.24, 2.45) is 5.92 Å². The zero-order valence-electron chi connectivity index (χ0n) is 23.4. The Bertz CT molecular complexity index is 1390. The van der Waals surface area contributed by atoms with E-state index in [2.05, 4.69) is 76.0 Å². The second kappa shape index (κ2) is 13.0. The average Bonchev–Trinajstić information content (AvgIpc) is 3.39. The molecule has 0 N–H and O–H groups in total. The minimum absolute atomic E-state index is 0.0193. The highest BCUT2D eigenvalue weighted by Crippen LogP contribution is 2.32. The van der Waals surface area contributed by atoms with Crippen LogP contribution >= 0.6 is 0 Å². The molecule has 1 atom stereocenters. The van der Waals surface area contributed by atoms with E-state index in [0.717, 1.165) is 56.5 Å². The highest BCUT2D eigenvalue weighted by molar-refractivity contribution is 5.75. The van der Waals surface area contributed by atoms with Crippen molar-refractivity contribution in [2.45, 2.75) is 44.7 Å². The van der Waals surface area contributed by atoms with Crippen LogP contribution in [0.25, 0.3) is 11.0 Å². The summed E-state index contributed by atoms with van der Waals surface area (Å²) in [6, 6.07) is 28.9. The van der Waals surface area contributed by atoms with E-state index in [1.807, 2.05) is 48.8 Å². The van der Waals surface area contributed by atoms with Crippen molar-refractivity contribution in [1.82, 2.24) is 19.4 Å². The van der Waals surface area contributed by atoms with Crippen LogP contribution in [0.4, 0.5) is 4.79 Å². The first-order chi connectivity index (χ1) is 19.5. The number of rotatable bonds is 11. The molecule has 40 heavy (non-hydrogen) atoms. The van der Waals surface area contributed by atoms with Gasteiger partial charge < -0.3 is 24.3 Å². The fourth-order valence-corrected chi connectivity index (χ4v) is 5.83. The van der Waals surface area contributed by atoms with Crippen LogP contribution in [0.15, 0.2) is 103 Å².